The van der Waals surface area contributed by atoms with Gasteiger partial charge in [0.05, 0.1) is 12.1 Å². The fourth-order valence-electron chi connectivity index (χ4n) is 3.12. The maximum absolute atomic E-state index is 12.1. The highest BCUT2D eigenvalue weighted by Crippen LogP contribution is 2.31. The van der Waals surface area contributed by atoms with Crippen LogP contribution in [-0.4, -0.2) is 22.2 Å². The van der Waals surface area contributed by atoms with E-state index < -0.39 is 0 Å². The minimum absolute atomic E-state index is 0.0884. The smallest absolute Gasteiger partial charge is 0.257 e. The van der Waals surface area contributed by atoms with Gasteiger partial charge in [-0.2, -0.15) is 0 Å². The number of benzene rings is 1. The molecule has 1 aliphatic rings. The summed E-state index contributed by atoms with van der Waals surface area (Å²) in [7, 11) is 0. The van der Waals surface area contributed by atoms with Crippen molar-refractivity contribution in [1.29, 1.82) is 0 Å². The number of hydrogen-bond donors (Lipinski definition) is 3. The quantitative estimate of drug-likeness (QED) is 0.804. The Balaban J connectivity index is 1.96. The average molecular weight is 272 g/mol. The third-order valence-corrected chi connectivity index (χ3v) is 4.27. The molecule has 0 aliphatic heterocycles. The van der Waals surface area contributed by atoms with Crippen molar-refractivity contribution in [3.63, 3.8) is 0 Å². The van der Waals surface area contributed by atoms with Gasteiger partial charge >= 0.3 is 0 Å². The minimum atomic E-state index is -0.288. The predicted molar refractivity (Wildman–Crippen MR) is 81.1 cm³/mol. The summed E-state index contributed by atoms with van der Waals surface area (Å²) in [5.41, 5.74) is -0.376. The second kappa shape index (κ2) is 5.29. The van der Waals surface area contributed by atoms with Crippen LogP contribution in [0.25, 0.3) is 10.8 Å². The molecule has 0 unspecified atom stereocenters. The Bertz CT molecular complexity index is 657. The van der Waals surface area contributed by atoms with Gasteiger partial charge in [-0.05, 0) is 30.4 Å². The topological polar surface area (TPSA) is 65.1 Å². The highest BCUT2D eigenvalue weighted by Gasteiger charge is 2.31. The third-order valence-electron chi connectivity index (χ3n) is 4.27. The van der Waals surface area contributed by atoms with E-state index in [-0.39, 0.29) is 17.7 Å². The number of fused-ring (bicyclic) bond motifs is 1. The second-order valence-electron chi connectivity index (χ2n) is 5.72. The van der Waals surface area contributed by atoms with Gasteiger partial charge in [0.25, 0.3) is 5.56 Å². The van der Waals surface area contributed by atoms with Crippen molar-refractivity contribution in [3.8, 4) is 0 Å². The van der Waals surface area contributed by atoms with Crippen molar-refractivity contribution < 1.29 is 5.11 Å². The van der Waals surface area contributed by atoms with E-state index >= 15 is 0 Å². The molecule has 4 heteroatoms. The number of aliphatic hydroxyl groups is 1. The van der Waals surface area contributed by atoms with Gasteiger partial charge in [0.15, 0.2) is 0 Å². The molecule has 3 N–H and O–H groups in total. The summed E-state index contributed by atoms with van der Waals surface area (Å²) in [6.45, 7) is 0.0991. The SMILES string of the molecule is O=c1[nH]c(NC2(CO)CCCCC2)cc2ccccc12. The van der Waals surface area contributed by atoms with E-state index in [0.29, 0.717) is 11.2 Å². The first-order valence-electron chi connectivity index (χ1n) is 7.24. The molecule has 1 fully saturated rings. The van der Waals surface area contributed by atoms with Crippen molar-refractivity contribution in [3.05, 3.63) is 40.7 Å². The molecule has 1 aliphatic carbocycles. The Labute approximate surface area is 117 Å². The number of pyridine rings is 1. The average Bonchev–Trinajstić information content (AvgIpc) is 2.48. The summed E-state index contributed by atoms with van der Waals surface area (Å²) in [5, 5.41) is 14.7. The molecule has 1 heterocycles. The monoisotopic (exact) mass is 272 g/mol. The highest BCUT2D eigenvalue weighted by atomic mass is 16.3. The Morgan fingerprint density at radius 1 is 1.20 bits per heavy atom. The molecule has 4 nitrogen and oxygen atoms in total. The molecule has 0 spiro atoms. The van der Waals surface area contributed by atoms with Crippen LogP contribution in [0.1, 0.15) is 32.1 Å². The Kier molecular flexibility index (Phi) is 3.49. The zero-order valence-corrected chi connectivity index (χ0v) is 11.5. The van der Waals surface area contributed by atoms with Crippen LogP contribution in [0, 0.1) is 0 Å². The lowest BCUT2D eigenvalue weighted by molar-refractivity contribution is 0.172. The van der Waals surface area contributed by atoms with E-state index in [1.807, 2.05) is 30.3 Å². The normalized spacial score (nSPS) is 18.1. The van der Waals surface area contributed by atoms with Crippen LogP contribution >= 0.6 is 0 Å². The van der Waals surface area contributed by atoms with Crippen LogP contribution in [0.3, 0.4) is 0 Å². The molecule has 1 aromatic carbocycles. The maximum Gasteiger partial charge on any atom is 0.257 e. The number of rotatable bonds is 3. The maximum atomic E-state index is 12.1. The van der Waals surface area contributed by atoms with Gasteiger partial charge in [-0.25, -0.2) is 0 Å². The first-order valence-corrected chi connectivity index (χ1v) is 7.24. The van der Waals surface area contributed by atoms with Gasteiger partial charge in [-0.3, -0.25) is 4.79 Å². The second-order valence-corrected chi connectivity index (χ2v) is 5.72. The summed E-state index contributed by atoms with van der Waals surface area (Å²) in [5.74, 6) is 0.699. The lowest BCUT2D eigenvalue weighted by atomic mass is 9.82. The Morgan fingerprint density at radius 2 is 1.95 bits per heavy atom. The van der Waals surface area contributed by atoms with Gasteiger partial charge < -0.3 is 15.4 Å². The Morgan fingerprint density at radius 3 is 2.70 bits per heavy atom. The van der Waals surface area contributed by atoms with Crippen LogP contribution < -0.4 is 10.9 Å². The standard InChI is InChI=1S/C16H20N2O2/c19-11-16(8-4-1-5-9-16)18-14-10-12-6-2-3-7-13(12)15(20)17-14/h2-3,6-7,10,19H,1,4-5,8-9,11H2,(H2,17,18,20). The fraction of sp³-hybridized carbons (Fsp3) is 0.438. The van der Waals surface area contributed by atoms with Crippen LogP contribution in [-0.2, 0) is 0 Å². The number of nitrogens with one attached hydrogen (secondary N) is 2. The van der Waals surface area contributed by atoms with Crippen molar-refractivity contribution in [1.82, 2.24) is 4.98 Å². The summed E-state index contributed by atoms with van der Waals surface area (Å²) in [4.78, 5) is 15.0. The molecule has 2 aromatic rings. The molecule has 0 atom stereocenters. The fourth-order valence-corrected chi connectivity index (χ4v) is 3.12. The first kappa shape index (κ1) is 13.2. The van der Waals surface area contributed by atoms with Crippen LogP contribution in [0.2, 0.25) is 0 Å². The zero-order chi connectivity index (χ0) is 14.0. The molecule has 0 amide bonds. The van der Waals surface area contributed by atoms with Gasteiger partial charge in [0.1, 0.15) is 5.82 Å². The number of aromatic nitrogens is 1. The van der Waals surface area contributed by atoms with E-state index in [1.54, 1.807) is 0 Å². The van der Waals surface area contributed by atoms with E-state index in [4.69, 9.17) is 0 Å². The number of H-pyrrole nitrogens is 1. The molecule has 0 radical (unpaired) electrons. The summed E-state index contributed by atoms with van der Waals surface area (Å²) >= 11 is 0. The van der Waals surface area contributed by atoms with Crippen LogP contribution in [0.4, 0.5) is 5.82 Å². The molecule has 1 saturated carbocycles. The minimum Gasteiger partial charge on any atom is -0.394 e. The zero-order valence-electron chi connectivity index (χ0n) is 11.5. The van der Waals surface area contributed by atoms with E-state index in [1.165, 1.54) is 6.42 Å². The van der Waals surface area contributed by atoms with Crippen LogP contribution in [0.15, 0.2) is 35.1 Å². The van der Waals surface area contributed by atoms with E-state index in [2.05, 4.69) is 10.3 Å². The highest BCUT2D eigenvalue weighted by molar-refractivity contribution is 5.83. The predicted octanol–water partition coefficient (Wildman–Crippen LogP) is 2.64. The van der Waals surface area contributed by atoms with Gasteiger partial charge in [0, 0.05) is 5.39 Å². The number of aliphatic hydroxyl groups excluding tert-OH is 1. The number of anilines is 1. The van der Waals surface area contributed by atoms with Crippen molar-refractivity contribution in [2.24, 2.45) is 0 Å². The van der Waals surface area contributed by atoms with Gasteiger partial charge in [-0.15, -0.1) is 0 Å². The Hall–Kier alpha value is -1.81. The summed E-state index contributed by atoms with van der Waals surface area (Å²) in [6, 6.07) is 9.49. The number of hydrogen-bond acceptors (Lipinski definition) is 3. The molecule has 1 aromatic heterocycles. The molecule has 20 heavy (non-hydrogen) atoms. The molecule has 0 bridgehead atoms. The summed E-state index contributed by atoms with van der Waals surface area (Å²) in [6.07, 6.45) is 5.34. The van der Waals surface area contributed by atoms with Crippen molar-refractivity contribution >= 4 is 16.6 Å². The molecule has 0 saturated heterocycles. The lowest BCUT2D eigenvalue weighted by Crippen LogP contribution is -2.44. The van der Waals surface area contributed by atoms with Gasteiger partial charge in [-0.1, -0.05) is 37.5 Å². The molecule has 106 valence electrons. The number of aromatic amines is 1. The largest absolute Gasteiger partial charge is 0.394 e. The van der Waals surface area contributed by atoms with Crippen molar-refractivity contribution in [2.75, 3.05) is 11.9 Å². The third kappa shape index (κ3) is 2.43. The lowest BCUT2D eigenvalue weighted by Gasteiger charge is -2.37. The van der Waals surface area contributed by atoms with Gasteiger partial charge in [0.2, 0.25) is 0 Å². The molecule has 3 rings (SSSR count). The van der Waals surface area contributed by atoms with Crippen molar-refractivity contribution in [2.45, 2.75) is 37.6 Å². The van der Waals surface area contributed by atoms with Crippen LogP contribution in [0.5, 0.6) is 0 Å². The summed E-state index contributed by atoms with van der Waals surface area (Å²) < 4.78 is 0. The molecular weight excluding hydrogens is 252 g/mol. The van der Waals surface area contributed by atoms with E-state index in [9.17, 15) is 9.90 Å². The molecular formula is C16H20N2O2. The first-order chi connectivity index (χ1) is 9.72. The van der Waals surface area contributed by atoms with E-state index in [0.717, 1.165) is 31.1 Å².